The van der Waals surface area contributed by atoms with Gasteiger partial charge in [0.1, 0.15) is 11.6 Å². The Morgan fingerprint density at radius 2 is 1.53 bits per heavy atom. The lowest BCUT2D eigenvalue weighted by atomic mass is 10.1. The molecule has 0 unspecified atom stereocenters. The van der Waals surface area contributed by atoms with Crippen molar-refractivity contribution in [1.82, 2.24) is 9.97 Å². The summed E-state index contributed by atoms with van der Waals surface area (Å²) < 4.78 is 0. The first kappa shape index (κ1) is 13.9. The van der Waals surface area contributed by atoms with Crippen molar-refractivity contribution in [2.45, 2.75) is 59.4 Å². The summed E-state index contributed by atoms with van der Waals surface area (Å²) >= 11 is 0. The smallest absolute Gasteiger partial charge is 0.133 e. The van der Waals surface area contributed by atoms with Crippen molar-refractivity contribution in [3.05, 3.63) is 17.6 Å². The normalized spacial score (nSPS) is 11.6. The maximum absolute atomic E-state index is 4.65. The van der Waals surface area contributed by atoms with E-state index in [1.807, 2.05) is 0 Å². The lowest BCUT2D eigenvalue weighted by Gasteiger charge is -2.24. The Kier molecular flexibility index (Phi) is 4.49. The van der Waals surface area contributed by atoms with Gasteiger partial charge in [-0.1, -0.05) is 27.7 Å². The first-order valence-corrected chi connectivity index (χ1v) is 6.44. The summed E-state index contributed by atoms with van der Waals surface area (Å²) in [6, 6.07) is 2.56. The fraction of sp³-hybridized carbons (Fsp3) is 0.714. The lowest BCUT2D eigenvalue weighted by molar-refractivity contribution is 0.697. The lowest BCUT2D eigenvalue weighted by Crippen LogP contribution is -2.27. The first-order valence-electron chi connectivity index (χ1n) is 6.44. The Bertz CT molecular complexity index is 343. The van der Waals surface area contributed by atoms with Crippen LogP contribution in [0.4, 0.5) is 5.82 Å². The monoisotopic (exact) mass is 235 g/mol. The molecule has 0 aliphatic rings. The summed E-state index contributed by atoms with van der Waals surface area (Å²) in [5.41, 5.74) is 1.13. The van der Waals surface area contributed by atoms with Gasteiger partial charge >= 0.3 is 0 Å². The van der Waals surface area contributed by atoms with Crippen LogP contribution in [0.2, 0.25) is 0 Å². The van der Waals surface area contributed by atoms with E-state index in [-0.39, 0.29) is 0 Å². The molecular formula is C14H25N3. The van der Waals surface area contributed by atoms with E-state index in [4.69, 9.17) is 0 Å². The van der Waals surface area contributed by atoms with Crippen LogP contribution in [0, 0.1) is 0 Å². The zero-order valence-corrected chi connectivity index (χ0v) is 12.2. The third kappa shape index (κ3) is 3.42. The third-order valence-corrected chi connectivity index (χ3v) is 2.99. The molecule has 0 aromatic carbocycles. The minimum atomic E-state index is 0.369. The molecule has 1 aromatic rings. The highest BCUT2D eigenvalue weighted by atomic mass is 15.2. The zero-order chi connectivity index (χ0) is 13.2. The van der Waals surface area contributed by atoms with Gasteiger partial charge < -0.3 is 4.90 Å². The van der Waals surface area contributed by atoms with Gasteiger partial charge in [-0.25, -0.2) is 9.97 Å². The Hall–Kier alpha value is -1.12. The molecule has 0 amide bonds. The number of hydrogen-bond acceptors (Lipinski definition) is 3. The van der Waals surface area contributed by atoms with Gasteiger partial charge in [0.2, 0.25) is 0 Å². The van der Waals surface area contributed by atoms with Gasteiger partial charge in [-0.15, -0.1) is 0 Å². The van der Waals surface area contributed by atoms with E-state index in [1.165, 1.54) is 0 Å². The predicted molar refractivity (Wildman–Crippen MR) is 73.7 cm³/mol. The van der Waals surface area contributed by atoms with E-state index in [2.05, 4.69) is 69.5 Å². The molecule has 1 heterocycles. The van der Waals surface area contributed by atoms with Crippen LogP contribution in [0.1, 0.15) is 64.9 Å². The molecule has 3 heteroatoms. The summed E-state index contributed by atoms with van der Waals surface area (Å²) in [5, 5.41) is 0. The second kappa shape index (κ2) is 5.48. The molecular weight excluding hydrogens is 210 g/mol. The summed E-state index contributed by atoms with van der Waals surface area (Å²) in [6.45, 7) is 13.0. The second-order valence-corrected chi connectivity index (χ2v) is 5.52. The van der Waals surface area contributed by atoms with Crippen LogP contribution in [0.5, 0.6) is 0 Å². The van der Waals surface area contributed by atoms with E-state index in [0.717, 1.165) is 17.3 Å². The number of rotatable bonds is 4. The third-order valence-electron chi connectivity index (χ3n) is 2.99. The fourth-order valence-corrected chi connectivity index (χ4v) is 1.47. The van der Waals surface area contributed by atoms with Crippen molar-refractivity contribution in [2.24, 2.45) is 0 Å². The van der Waals surface area contributed by atoms with Crippen molar-refractivity contribution < 1.29 is 0 Å². The highest BCUT2D eigenvalue weighted by Crippen LogP contribution is 2.22. The summed E-state index contributed by atoms with van der Waals surface area (Å²) in [5.74, 6) is 2.78. The Labute approximate surface area is 105 Å². The maximum Gasteiger partial charge on any atom is 0.133 e. The van der Waals surface area contributed by atoms with Crippen molar-refractivity contribution >= 4 is 5.82 Å². The van der Waals surface area contributed by atoms with Gasteiger partial charge in [-0.2, -0.15) is 0 Å². The van der Waals surface area contributed by atoms with Crippen molar-refractivity contribution in [1.29, 1.82) is 0 Å². The average molecular weight is 235 g/mol. The van der Waals surface area contributed by atoms with E-state index in [9.17, 15) is 0 Å². The molecule has 0 atom stereocenters. The van der Waals surface area contributed by atoms with Gasteiger partial charge in [0.05, 0.1) is 0 Å². The molecule has 0 fully saturated rings. The largest absolute Gasteiger partial charge is 0.357 e. The van der Waals surface area contributed by atoms with Crippen LogP contribution in [0.15, 0.2) is 6.07 Å². The second-order valence-electron chi connectivity index (χ2n) is 5.52. The highest BCUT2D eigenvalue weighted by molar-refractivity contribution is 5.40. The van der Waals surface area contributed by atoms with E-state index < -0.39 is 0 Å². The summed E-state index contributed by atoms with van der Waals surface area (Å²) in [6.07, 6.45) is 0. The van der Waals surface area contributed by atoms with Crippen LogP contribution >= 0.6 is 0 Å². The van der Waals surface area contributed by atoms with Crippen LogP contribution in [0.25, 0.3) is 0 Å². The zero-order valence-electron chi connectivity index (χ0n) is 12.2. The van der Waals surface area contributed by atoms with Crippen LogP contribution in [-0.2, 0) is 0 Å². The predicted octanol–water partition coefficient (Wildman–Crippen LogP) is 3.57. The average Bonchev–Trinajstić information content (AvgIpc) is 2.27. The Balaban J connectivity index is 3.21. The molecule has 17 heavy (non-hydrogen) atoms. The minimum Gasteiger partial charge on any atom is -0.357 e. The molecule has 3 nitrogen and oxygen atoms in total. The molecule has 0 aliphatic heterocycles. The van der Waals surface area contributed by atoms with Crippen molar-refractivity contribution in [2.75, 3.05) is 11.9 Å². The van der Waals surface area contributed by atoms with Crippen molar-refractivity contribution in [3.63, 3.8) is 0 Å². The van der Waals surface area contributed by atoms with Gasteiger partial charge in [0.15, 0.2) is 0 Å². The quantitative estimate of drug-likeness (QED) is 0.799. The number of nitrogens with zero attached hydrogens (tertiary/aromatic N) is 3. The van der Waals surface area contributed by atoms with E-state index in [1.54, 1.807) is 0 Å². The van der Waals surface area contributed by atoms with Gasteiger partial charge in [0, 0.05) is 30.8 Å². The topological polar surface area (TPSA) is 29.0 Å². The van der Waals surface area contributed by atoms with E-state index >= 15 is 0 Å². The molecule has 0 radical (unpaired) electrons. The van der Waals surface area contributed by atoms with Crippen LogP contribution in [0.3, 0.4) is 0 Å². The molecule has 0 saturated carbocycles. The minimum absolute atomic E-state index is 0.369. The molecule has 1 aromatic heterocycles. The SMILES string of the molecule is CC(C)c1cc(N(C)C(C)C)nc(C(C)C)n1. The maximum atomic E-state index is 4.65. The number of hydrogen-bond donors (Lipinski definition) is 0. The molecule has 0 bridgehead atoms. The fourth-order valence-electron chi connectivity index (χ4n) is 1.47. The standard InChI is InChI=1S/C14H25N3/c1-9(2)12-8-13(17(7)11(5)6)16-14(15-12)10(3)4/h8-11H,1-7H3. The molecule has 1 rings (SSSR count). The summed E-state index contributed by atoms with van der Waals surface area (Å²) in [4.78, 5) is 11.5. The molecule has 0 aliphatic carbocycles. The molecule has 0 N–H and O–H groups in total. The number of aromatic nitrogens is 2. The molecule has 0 saturated heterocycles. The van der Waals surface area contributed by atoms with E-state index in [0.29, 0.717) is 17.9 Å². The van der Waals surface area contributed by atoms with Gasteiger partial charge in [-0.05, 0) is 19.8 Å². The summed E-state index contributed by atoms with van der Waals surface area (Å²) in [7, 11) is 2.08. The Morgan fingerprint density at radius 3 is 1.94 bits per heavy atom. The molecule has 0 spiro atoms. The van der Waals surface area contributed by atoms with Gasteiger partial charge in [0.25, 0.3) is 0 Å². The Morgan fingerprint density at radius 1 is 0.941 bits per heavy atom. The van der Waals surface area contributed by atoms with Crippen LogP contribution in [-0.4, -0.2) is 23.1 Å². The van der Waals surface area contributed by atoms with Crippen molar-refractivity contribution in [3.8, 4) is 0 Å². The number of anilines is 1. The van der Waals surface area contributed by atoms with Gasteiger partial charge in [-0.3, -0.25) is 0 Å². The highest BCUT2D eigenvalue weighted by Gasteiger charge is 2.14. The molecule has 96 valence electrons. The first-order chi connectivity index (χ1) is 7.82. The van der Waals surface area contributed by atoms with Crippen LogP contribution < -0.4 is 4.90 Å².